The standard InChI is InChI=1S/C16H23F3N4O/c1-11-7-13(22-5-6-24-10-12(22)2)8-15(21-11)23-4-3-20-9-14(23)16(17,18)19/h7-8,12,14,20-21H,1,3-6,9-10H2,2H3. The molecule has 2 atom stereocenters. The molecule has 2 fully saturated rings. The third-order valence-electron chi connectivity index (χ3n) is 4.53. The van der Waals surface area contributed by atoms with Gasteiger partial charge in [-0.2, -0.15) is 13.2 Å². The van der Waals surface area contributed by atoms with Crippen LogP contribution >= 0.6 is 0 Å². The molecule has 3 heterocycles. The van der Waals surface area contributed by atoms with E-state index >= 15 is 0 Å². The molecule has 0 aromatic heterocycles. The minimum atomic E-state index is -4.29. The van der Waals surface area contributed by atoms with Crippen LogP contribution in [-0.2, 0) is 4.74 Å². The molecule has 2 saturated heterocycles. The number of nitrogens with zero attached hydrogens (tertiary/aromatic N) is 2. The second-order valence-electron chi connectivity index (χ2n) is 6.32. The molecule has 5 nitrogen and oxygen atoms in total. The number of dihydropyridines is 1. The van der Waals surface area contributed by atoms with Gasteiger partial charge >= 0.3 is 6.18 Å². The van der Waals surface area contributed by atoms with Gasteiger partial charge in [-0.15, -0.1) is 0 Å². The summed E-state index contributed by atoms with van der Waals surface area (Å²) in [6.45, 7) is 8.60. The first kappa shape index (κ1) is 17.2. The van der Waals surface area contributed by atoms with E-state index in [1.807, 2.05) is 13.0 Å². The van der Waals surface area contributed by atoms with Crippen molar-refractivity contribution in [3.05, 3.63) is 35.9 Å². The van der Waals surface area contributed by atoms with Gasteiger partial charge in [-0.25, -0.2) is 0 Å². The summed E-state index contributed by atoms with van der Waals surface area (Å²) in [5, 5.41) is 5.83. The Kier molecular flexibility index (Phi) is 4.78. The third-order valence-corrected chi connectivity index (χ3v) is 4.53. The van der Waals surface area contributed by atoms with Crippen LogP contribution in [0.1, 0.15) is 6.92 Å². The van der Waals surface area contributed by atoms with Crippen molar-refractivity contribution in [2.45, 2.75) is 25.2 Å². The van der Waals surface area contributed by atoms with Crippen LogP contribution in [0.4, 0.5) is 13.2 Å². The van der Waals surface area contributed by atoms with Crippen molar-refractivity contribution in [1.82, 2.24) is 20.4 Å². The van der Waals surface area contributed by atoms with E-state index in [1.165, 1.54) is 4.90 Å². The summed E-state index contributed by atoms with van der Waals surface area (Å²) in [4.78, 5) is 3.54. The highest BCUT2D eigenvalue weighted by atomic mass is 19.4. The zero-order valence-corrected chi connectivity index (χ0v) is 13.7. The number of alkyl halides is 3. The van der Waals surface area contributed by atoms with Crippen molar-refractivity contribution >= 4 is 0 Å². The van der Waals surface area contributed by atoms with Crippen LogP contribution in [0.25, 0.3) is 0 Å². The first-order chi connectivity index (χ1) is 11.4. The van der Waals surface area contributed by atoms with E-state index in [-0.39, 0.29) is 12.6 Å². The van der Waals surface area contributed by atoms with Crippen molar-refractivity contribution in [2.75, 3.05) is 39.4 Å². The molecule has 3 aliphatic heterocycles. The van der Waals surface area contributed by atoms with Crippen LogP contribution in [0.2, 0.25) is 0 Å². The lowest BCUT2D eigenvalue weighted by molar-refractivity contribution is -0.182. The molecular formula is C16H23F3N4O. The number of hydrogen-bond donors (Lipinski definition) is 2. The van der Waals surface area contributed by atoms with Crippen LogP contribution in [0.3, 0.4) is 0 Å². The number of morpholine rings is 1. The number of hydrogen-bond acceptors (Lipinski definition) is 5. The molecule has 0 aliphatic carbocycles. The van der Waals surface area contributed by atoms with Gasteiger partial charge in [0.05, 0.1) is 13.2 Å². The Morgan fingerprint density at radius 1 is 1.25 bits per heavy atom. The molecule has 3 aliphatic rings. The molecule has 8 heteroatoms. The smallest absolute Gasteiger partial charge is 0.377 e. The fraction of sp³-hybridized carbons (Fsp3) is 0.625. The minimum absolute atomic E-state index is 0.109. The molecule has 0 bridgehead atoms. The van der Waals surface area contributed by atoms with Crippen molar-refractivity contribution in [2.24, 2.45) is 0 Å². The SMILES string of the molecule is C=C1C=C(N2CCOCC2C)C=C(N2CCNCC2C(F)(F)F)N1. The minimum Gasteiger partial charge on any atom is -0.377 e. The fourth-order valence-corrected chi connectivity index (χ4v) is 3.31. The lowest BCUT2D eigenvalue weighted by atomic mass is 10.1. The van der Waals surface area contributed by atoms with Crippen LogP contribution in [0.5, 0.6) is 0 Å². The average Bonchev–Trinajstić information content (AvgIpc) is 2.54. The van der Waals surface area contributed by atoms with E-state index in [2.05, 4.69) is 22.1 Å². The molecule has 0 saturated carbocycles. The summed E-state index contributed by atoms with van der Waals surface area (Å²) in [5.74, 6) is 0.458. The molecule has 3 rings (SSSR count). The maximum absolute atomic E-state index is 13.4. The second-order valence-corrected chi connectivity index (χ2v) is 6.32. The van der Waals surface area contributed by atoms with Crippen molar-refractivity contribution < 1.29 is 17.9 Å². The van der Waals surface area contributed by atoms with E-state index in [0.29, 0.717) is 44.4 Å². The van der Waals surface area contributed by atoms with Gasteiger partial charge in [0.2, 0.25) is 0 Å². The van der Waals surface area contributed by atoms with Crippen LogP contribution in [0.15, 0.2) is 35.9 Å². The molecule has 2 unspecified atom stereocenters. The predicted molar refractivity (Wildman–Crippen MR) is 84.8 cm³/mol. The Labute approximate surface area is 139 Å². The number of allylic oxidation sites excluding steroid dienone is 2. The number of rotatable bonds is 2. The van der Waals surface area contributed by atoms with Crippen molar-refractivity contribution in [3.63, 3.8) is 0 Å². The van der Waals surface area contributed by atoms with Crippen LogP contribution in [-0.4, -0.2) is 67.5 Å². The van der Waals surface area contributed by atoms with Crippen molar-refractivity contribution in [1.29, 1.82) is 0 Å². The van der Waals surface area contributed by atoms with E-state index in [0.717, 1.165) is 5.70 Å². The molecule has 0 spiro atoms. The molecule has 134 valence electrons. The Morgan fingerprint density at radius 3 is 2.75 bits per heavy atom. The highest BCUT2D eigenvalue weighted by Gasteiger charge is 2.45. The molecule has 0 aromatic rings. The van der Waals surface area contributed by atoms with Gasteiger partial charge in [0, 0.05) is 49.7 Å². The Morgan fingerprint density at radius 2 is 2.04 bits per heavy atom. The molecule has 0 amide bonds. The summed E-state index contributed by atoms with van der Waals surface area (Å²) >= 11 is 0. The maximum atomic E-state index is 13.4. The van der Waals surface area contributed by atoms with Gasteiger partial charge in [-0.1, -0.05) is 6.58 Å². The third kappa shape index (κ3) is 3.54. The average molecular weight is 344 g/mol. The number of piperazine rings is 1. The largest absolute Gasteiger partial charge is 0.410 e. The highest BCUT2D eigenvalue weighted by molar-refractivity contribution is 5.37. The molecular weight excluding hydrogens is 321 g/mol. The number of halogens is 3. The molecule has 24 heavy (non-hydrogen) atoms. The lowest BCUT2D eigenvalue weighted by Gasteiger charge is -2.43. The maximum Gasteiger partial charge on any atom is 0.410 e. The molecule has 0 radical (unpaired) electrons. The fourth-order valence-electron chi connectivity index (χ4n) is 3.31. The monoisotopic (exact) mass is 344 g/mol. The Bertz CT molecular complexity index is 558. The van der Waals surface area contributed by atoms with Gasteiger partial charge in [-0.3, -0.25) is 0 Å². The van der Waals surface area contributed by atoms with Crippen molar-refractivity contribution in [3.8, 4) is 0 Å². The predicted octanol–water partition coefficient (Wildman–Crippen LogP) is 1.39. The summed E-state index contributed by atoms with van der Waals surface area (Å²) in [6.07, 6.45) is -0.623. The Balaban J connectivity index is 1.86. The number of ether oxygens (including phenoxy) is 1. The topological polar surface area (TPSA) is 39.8 Å². The first-order valence-corrected chi connectivity index (χ1v) is 8.14. The molecule has 2 N–H and O–H groups in total. The van der Waals surface area contributed by atoms with Crippen LogP contribution < -0.4 is 10.6 Å². The second kappa shape index (κ2) is 6.68. The first-order valence-electron chi connectivity index (χ1n) is 8.14. The van der Waals surface area contributed by atoms with Gasteiger partial charge in [0.25, 0.3) is 0 Å². The van der Waals surface area contributed by atoms with Gasteiger partial charge < -0.3 is 25.2 Å². The zero-order valence-electron chi connectivity index (χ0n) is 13.7. The van der Waals surface area contributed by atoms with E-state index in [9.17, 15) is 13.2 Å². The van der Waals surface area contributed by atoms with Gasteiger partial charge in [-0.05, 0) is 13.0 Å². The highest BCUT2D eigenvalue weighted by Crippen LogP contribution is 2.30. The summed E-state index contributed by atoms with van der Waals surface area (Å²) < 4.78 is 45.5. The normalized spacial score (nSPS) is 29.1. The quantitative estimate of drug-likeness (QED) is 0.792. The van der Waals surface area contributed by atoms with E-state index < -0.39 is 12.2 Å². The van der Waals surface area contributed by atoms with Crippen LogP contribution in [0, 0.1) is 0 Å². The van der Waals surface area contributed by atoms with Gasteiger partial charge in [0.1, 0.15) is 11.9 Å². The molecule has 0 aromatic carbocycles. The zero-order chi connectivity index (χ0) is 17.3. The van der Waals surface area contributed by atoms with E-state index in [4.69, 9.17) is 4.74 Å². The lowest BCUT2D eigenvalue weighted by Crippen LogP contribution is -2.58. The summed E-state index contributed by atoms with van der Waals surface area (Å²) in [7, 11) is 0. The van der Waals surface area contributed by atoms with Gasteiger partial charge in [0.15, 0.2) is 0 Å². The summed E-state index contributed by atoms with van der Waals surface area (Å²) in [5.41, 5.74) is 1.48. The Hall–Kier alpha value is -1.67. The number of nitrogens with one attached hydrogen (secondary N) is 2. The van der Waals surface area contributed by atoms with E-state index in [1.54, 1.807) is 6.08 Å². The summed E-state index contributed by atoms with van der Waals surface area (Å²) in [6, 6.07) is -1.37.